The summed E-state index contributed by atoms with van der Waals surface area (Å²) in [6, 6.07) is 0. The Labute approximate surface area is 72.4 Å². The summed E-state index contributed by atoms with van der Waals surface area (Å²) in [6.07, 6.45) is 0.852. The minimum atomic E-state index is -0.142. The van der Waals surface area contributed by atoms with Crippen LogP contribution in [-0.2, 0) is 14.4 Å². The smallest absolute Gasteiger partial charge is 0.310 e. The first-order chi connectivity index (χ1) is 5.63. The van der Waals surface area contributed by atoms with E-state index in [0.717, 1.165) is 6.42 Å². The summed E-state index contributed by atoms with van der Waals surface area (Å²) in [6.45, 7) is 2.57. The number of methoxy groups -OCH3 is 1. The van der Waals surface area contributed by atoms with Crippen LogP contribution >= 0.6 is 0 Å². The maximum Gasteiger partial charge on any atom is 0.310 e. The van der Waals surface area contributed by atoms with Crippen LogP contribution in [0, 0.1) is 5.92 Å². The molecule has 1 rings (SSSR count). The lowest BCUT2D eigenvalue weighted by atomic mass is 10.0. The van der Waals surface area contributed by atoms with Gasteiger partial charge in [0.25, 0.3) is 0 Å². The van der Waals surface area contributed by atoms with E-state index in [1.165, 1.54) is 7.11 Å². The molecule has 0 aromatic heterocycles. The van der Waals surface area contributed by atoms with Gasteiger partial charge >= 0.3 is 5.97 Å². The van der Waals surface area contributed by atoms with E-state index in [4.69, 9.17) is 4.84 Å². The number of hydroxylamine groups is 2. The van der Waals surface area contributed by atoms with E-state index in [9.17, 15) is 4.79 Å². The molecule has 0 spiro atoms. The van der Waals surface area contributed by atoms with Crippen LogP contribution in [-0.4, -0.2) is 37.8 Å². The Hall–Kier alpha value is -0.610. The Balaban J connectivity index is 2.49. The van der Waals surface area contributed by atoms with Crippen LogP contribution in [0.3, 0.4) is 0 Å². The van der Waals surface area contributed by atoms with Gasteiger partial charge in [-0.25, -0.2) is 0 Å². The number of carbonyl (C=O) groups is 1. The van der Waals surface area contributed by atoms with Gasteiger partial charge in [-0.05, 0) is 13.3 Å². The molecular weight excluding hydrogens is 158 g/mol. The molecule has 2 atom stereocenters. The van der Waals surface area contributed by atoms with Crippen molar-refractivity contribution in [2.24, 2.45) is 5.92 Å². The first kappa shape index (κ1) is 9.48. The summed E-state index contributed by atoms with van der Waals surface area (Å²) in [5.41, 5.74) is 0. The average molecular weight is 173 g/mol. The third-order valence-electron chi connectivity index (χ3n) is 1.99. The molecule has 2 unspecified atom stereocenters. The van der Waals surface area contributed by atoms with Crippen molar-refractivity contribution in [1.29, 1.82) is 0 Å². The highest BCUT2D eigenvalue weighted by atomic mass is 16.7. The molecule has 1 heterocycles. The van der Waals surface area contributed by atoms with Gasteiger partial charge in [0.1, 0.15) is 0 Å². The molecule has 1 fully saturated rings. The van der Waals surface area contributed by atoms with Crippen molar-refractivity contribution >= 4 is 5.97 Å². The average Bonchev–Trinajstić information content (AvgIpc) is 2.01. The highest BCUT2D eigenvalue weighted by Gasteiger charge is 2.29. The van der Waals surface area contributed by atoms with E-state index in [1.807, 2.05) is 14.0 Å². The summed E-state index contributed by atoms with van der Waals surface area (Å²) in [4.78, 5) is 16.5. The zero-order valence-corrected chi connectivity index (χ0v) is 7.74. The number of rotatable bonds is 1. The van der Waals surface area contributed by atoms with Crippen LogP contribution in [0.4, 0.5) is 0 Å². The van der Waals surface area contributed by atoms with Crippen molar-refractivity contribution in [3.05, 3.63) is 0 Å². The van der Waals surface area contributed by atoms with Crippen LogP contribution in [0.25, 0.3) is 0 Å². The third kappa shape index (κ3) is 2.19. The second-order valence-electron chi connectivity index (χ2n) is 3.18. The van der Waals surface area contributed by atoms with Gasteiger partial charge < -0.3 is 4.74 Å². The summed E-state index contributed by atoms with van der Waals surface area (Å²) in [7, 11) is 3.24. The molecule has 1 saturated heterocycles. The largest absolute Gasteiger partial charge is 0.469 e. The van der Waals surface area contributed by atoms with Crippen LogP contribution < -0.4 is 0 Å². The lowest BCUT2D eigenvalue weighted by Crippen LogP contribution is -2.41. The number of carbonyl (C=O) groups excluding carboxylic acids is 1. The minimum absolute atomic E-state index is 0.0382. The quantitative estimate of drug-likeness (QED) is 0.539. The third-order valence-corrected chi connectivity index (χ3v) is 1.99. The van der Waals surface area contributed by atoms with Crippen molar-refractivity contribution in [3.8, 4) is 0 Å². The summed E-state index contributed by atoms with van der Waals surface area (Å²) in [5.74, 6) is -0.180. The lowest BCUT2D eigenvalue weighted by Gasteiger charge is -2.31. The van der Waals surface area contributed by atoms with Gasteiger partial charge in [-0.3, -0.25) is 9.63 Å². The van der Waals surface area contributed by atoms with E-state index in [0.29, 0.717) is 6.54 Å². The molecule has 0 aromatic carbocycles. The first-order valence-corrected chi connectivity index (χ1v) is 4.09. The minimum Gasteiger partial charge on any atom is -0.469 e. The van der Waals surface area contributed by atoms with Crippen LogP contribution in [0.15, 0.2) is 0 Å². The predicted octanol–water partition coefficient (Wildman–Crippen LogP) is 0.431. The Bertz CT molecular complexity index is 162. The molecule has 0 aromatic rings. The summed E-state index contributed by atoms with van der Waals surface area (Å²) in [5, 5.41) is 1.69. The molecule has 4 nitrogen and oxygen atoms in total. The fourth-order valence-corrected chi connectivity index (χ4v) is 1.52. The number of hydrogen-bond acceptors (Lipinski definition) is 4. The fraction of sp³-hybridized carbons (Fsp3) is 0.875. The molecule has 0 N–H and O–H groups in total. The molecule has 70 valence electrons. The molecule has 0 amide bonds. The zero-order valence-electron chi connectivity index (χ0n) is 7.74. The summed E-state index contributed by atoms with van der Waals surface area (Å²) >= 11 is 0. The summed E-state index contributed by atoms with van der Waals surface area (Å²) < 4.78 is 4.67. The first-order valence-electron chi connectivity index (χ1n) is 4.09. The van der Waals surface area contributed by atoms with Crippen LogP contribution in [0.1, 0.15) is 13.3 Å². The molecular formula is C8H15NO3. The van der Waals surface area contributed by atoms with Gasteiger partial charge in [0, 0.05) is 13.6 Å². The van der Waals surface area contributed by atoms with Crippen LogP contribution in [0.5, 0.6) is 0 Å². The number of hydrogen-bond donors (Lipinski definition) is 0. The van der Waals surface area contributed by atoms with Gasteiger partial charge in [-0.2, -0.15) is 5.06 Å². The van der Waals surface area contributed by atoms with Crippen molar-refractivity contribution in [1.82, 2.24) is 5.06 Å². The predicted molar refractivity (Wildman–Crippen MR) is 43.3 cm³/mol. The number of nitrogens with zero attached hydrogens (tertiary/aromatic N) is 1. The molecule has 0 radical (unpaired) electrons. The van der Waals surface area contributed by atoms with E-state index in [-0.39, 0.29) is 18.0 Å². The van der Waals surface area contributed by atoms with Gasteiger partial charge in [0.05, 0.1) is 19.1 Å². The molecule has 1 aliphatic heterocycles. The highest BCUT2D eigenvalue weighted by molar-refractivity contribution is 5.72. The van der Waals surface area contributed by atoms with Crippen LogP contribution in [0.2, 0.25) is 0 Å². The molecule has 0 bridgehead atoms. The zero-order chi connectivity index (χ0) is 9.14. The Morgan fingerprint density at radius 2 is 2.33 bits per heavy atom. The van der Waals surface area contributed by atoms with Gasteiger partial charge in [0.2, 0.25) is 0 Å². The monoisotopic (exact) mass is 173 g/mol. The molecule has 0 saturated carbocycles. The van der Waals surface area contributed by atoms with Crippen molar-refractivity contribution < 1.29 is 14.4 Å². The maximum absolute atomic E-state index is 11.2. The second kappa shape index (κ2) is 3.87. The molecule has 0 aliphatic carbocycles. The highest BCUT2D eigenvalue weighted by Crippen LogP contribution is 2.18. The van der Waals surface area contributed by atoms with E-state index in [1.54, 1.807) is 5.06 Å². The van der Waals surface area contributed by atoms with Gasteiger partial charge in [-0.15, -0.1) is 0 Å². The molecule has 12 heavy (non-hydrogen) atoms. The Kier molecular flexibility index (Phi) is 3.05. The number of ether oxygens (including phenoxy) is 1. The molecule has 1 aliphatic rings. The maximum atomic E-state index is 11.2. The Morgan fingerprint density at radius 1 is 1.67 bits per heavy atom. The second-order valence-corrected chi connectivity index (χ2v) is 3.18. The SMILES string of the molecule is COC(=O)C1CC(C)ON(C)C1. The van der Waals surface area contributed by atoms with Crippen molar-refractivity contribution in [3.63, 3.8) is 0 Å². The van der Waals surface area contributed by atoms with E-state index in [2.05, 4.69) is 4.74 Å². The lowest BCUT2D eigenvalue weighted by molar-refractivity contribution is -0.218. The normalized spacial score (nSPS) is 31.6. The van der Waals surface area contributed by atoms with E-state index >= 15 is 0 Å². The standard InChI is InChI=1S/C8H15NO3/c1-6-4-7(8(10)11-3)5-9(2)12-6/h6-7H,4-5H2,1-3H3. The van der Waals surface area contributed by atoms with Gasteiger partial charge in [-0.1, -0.05) is 0 Å². The topological polar surface area (TPSA) is 38.8 Å². The van der Waals surface area contributed by atoms with Crippen molar-refractivity contribution in [2.75, 3.05) is 20.7 Å². The fourth-order valence-electron chi connectivity index (χ4n) is 1.52. The molecule has 4 heteroatoms. The van der Waals surface area contributed by atoms with E-state index < -0.39 is 0 Å². The van der Waals surface area contributed by atoms with Gasteiger partial charge in [0.15, 0.2) is 0 Å². The Morgan fingerprint density at radius 3 is 2.83 bits per heavy atom. The number of esters is 1. The van der Waals surface area contributed by atoms with Crippen molar-refractivity contribution in [2.45, 2.75) is 19.4 Å².